The third-order valence-electron chi connectivity index (χ3n) is 4.47. The molecule has 1 unspecified atom stereocenters. The van der Waals surface area contributed by atoms with Crippen LogP contribution in [0.4, 0.5) is 0 Å². The highest BCUT2D eigenvalue weighted by molar-refractivity contribution is 14.0. The van der Waals surface area contributed by atoms with Gasteiger partial charge in [0.15, 0.2) is 5.96 Å². The molecule has 6 heteroatoms. The van der Waals surface area contributed by atoms with Crippen molar-refractivity contribution in [2.24, 2.45) is 10.9 Å². The van der Waals surface area contributed by atoms with Gasteiger partial charge in [-0.3, -0.25) is 4.99 Å². The zero-order chi connectivity index (χ0) is 17.2. The van der Waals surface area contributed by atoms with Gasteiger partial charge in [0.25, 0.3) is 0 Å². The van der Waals surface area contributed by atoms with Gasteiger partial charge in [-0.15, -0.1) is 24.0 Å². The first-order valence-electron chi connectivity index (χ1n) is 9.05. The topological polar surface area (TPSA) is 40.1 Å². The first-order valence-corrected chi connectivity index (χ1v) is 9.05. The number of aliphatic imine (C=N–C) groups is 1. The highest BCUT2D eigenvalue weighted by Gasteiger charge is 2.22. The van der Waals surface area contributed by atoms with E-state index in [1.54, 1.807) is 0 Å². The van der Waals surface area contributed by atoms with Crippen LogP contribution in [0.1, 0.15) is 19.8 Å². The summed E-state index contributed by atoms with van der Waals surface area (Å²) in [5.74, 6) is 2.58. The molecule has 25 heavy (non-hydrogen) atoms. The number of hydrogen-bond acceptors (Lipinski definition) is 3. The second-order valence-electron chi connectivity index (χ2n) is 6.47. The minimum atomic E-state index is 0. The van der Waals surface area contributed by atoms with Gasteiger partial charge in [-0.2, -0.15) is 0 Å². The van der Waals surface area contributed by atoms with E-state index in [0.717, 1.165) is 30.7 Å². The molecule has 1 heterocycles. The lowest BCUT2D eigenvalue weighted by Gasteiger charge is -2.23. The summed E-state index contributed by atoms with van der Waals surface area (Å²) in [6.45, 7) is 8.37. The van der Waals surface area contributed by atoms with Gasteiger partial charge >= 0.3 is 0 Å². The van der Waals surface area contributed by atoms with Crippen molar-refractivity contribution in [1.29, 1.82) is 0 Å². The minimum Gasteiger partial charge on any atom is -0.492 e. The summed E-state index contributed by atoms with van der Waals surface area (Å²) in [6.07, 6.45) is 2.52. The molecule has 1 aliphatic heterocycles. The Balaban J connectivity index is 0.00000312. The molecule has 0 aromatic heterocycles. The fourth-order valence-electron chi connectivity index (χ4n) is 3.14. The zero-order valence-electron chi connectivity index (χ0n) is 15.8. The molecule has 0 spiro atoms. The van der Waals surface area contributed by atoms with Gasteiger partial charge in [0.2, 0.25) is 0 Å². The van der Waals surface area contributed by atoms with E-state index in [-0.39, 0.29) is 24.0 Å². The third-order valence-corrected chi connectivity index (χ3v) is 4.47. The van der Waals surface area contributed by atoms with Crippen molar-refractivity contribution >= 4 is 29.9 Å². The second-order valence-corrected chi connectivity index (χ2v) is 6.47. The number of para-hydroxylation sites is 1. The summed E-state index contributed by atoms with van der Waals surface area (Å²) < 4.78 is 5.76. The van der Waals surface area contributed by atoms with Gasteiger partial charge in [0.05, 0.1) is 6.54 Å². The number of hydrogen-bond donors (Lipinski definition) is 1. The third kappa shape index (κ3) is 7.81. The number of likely N-dealkylation sites (tertiary alicyclic amines) is 1. The van der Waals surface area contributed by atoms with E-state index in [2.05, 4.69) is 34.1 Å². The second kappa shape index (κ2) is 12.4. The van der Waals surface area contributed by atoms with Gasteiger partial charge in [0, 0.05) is 27.2 Å². The molecule has 1 atom stereocenters. The number of halogens is 1. The Morgan fingerprint density at radius 1 is 1.36 bits per heavy atom. The Bertz CT molecular complexity index is 497. The molecule has 0 aliphatic carbocycles. The summed E-state index contributed by atoms with van der Waals surface area (Å²) in [5.41, 5.74) is 0. The van der Waals surface area contributed by atoms with Gasteiger partial charge < -0.3 is 19.9 Å². The van der Waals surface area contributed by atoms with Gasteiger partial charge in [0.1, 0.15) is 12.4 Å². The van der Waals surface area contributed by atoms with Crippen LogP contribution in [0.25, 0.3) is 0 Å². The molecule has 142 valence electrons. The average Bonchev–Trinajstić information content (AvgIpc) is 3.04. The van der Waals surface area contributed by atoms with Gasteiger partial charge in [-0.05, 0) is 44.0 Å². The first kappa shape index (κ1) is 22.0. The highest BCUT2D eigenvalue weighted by Crippen LogP contribution is 2.15. The molecule has 0 bridgehead atoms. The maximum Gasteiger partial charge on any atom is 0.193 e. The number of nitrogens with zero attached hydrogens (tertiary/aromatic N) is 3. The summed E-state index contributed by atoms with van der Waals surface area (Å²) in [6, 6.07) is 9.94. The van der Waals surface area contributed by atoms with Crippen molar-refractivity contribution in [3.8, 4) is 5.75 Å². The molecule has 1 aliphatic rings. The largest absolute Gasteiger partial charge is 0.492 e. The highest BCUT2D eigenvalue weighted by atomic mass is 127. The molecule has 0 radical (unpaired) electrons. The predicted molar refractivity (Wildman–Crippen MR) is 116 cm³/mol. The lowest BCUT2D eigenvalue weighted by atomic mass is 10.1. The van der Waals surface area contributed by atoms with E-state index >= 15 is 0 Å². The molecule has 1 fully saturated rings. The monoisotopic (exact) mass is 460 g/mol. The number of likely N-dealkylation sites (N-methyl/N-ethyl adjacent to an activating group) is 1. The van der Waals surface area contributed by atoms with Gasteiger partial charge in [-0.1, -0.05) is 25.1 Å². The Morgan fingerprint density at radius 2 is 2.12 bits per heavy atom. The van der Waals surface area contributed by atoms with Crippen LogP contribution in [0.2, 0.25) is 0 Å². The number of ether oxygens (including phenoxy) is 1. The normalized spacial score (nSPS) is 17.9. The minimum absolute atomic E-state index is 0. The SMILES string of the molecule is CCCN1CCC(CNC(=NC)N(C)CCOc2ccccc2)C1.I. The summed E-state index contributed by atoms with van der Waals surface area (Å²) in [7, 11) is 3.90. The number of guanidine groups is 1. The average molecular weight is 460 g/mol. The predicted octanol–water partition coefficient (Wildman–Crippen LogP) is 2.92. The van der Waals surface area contributed by atoms with E-state index in [9.17, 15) is 0 Å². The van der Waals surface area contributed by atoms with Crippen LogP contribution in [0.5, 0.6) is 5.75 Å². The smallest absolute Gasteiger partial charge is 0.193 e. The zero-order valence-corrected chi connectivity index (χ0v) is 18.1. The first-order chi connectivity index (χ1) is 11.7. The van der Waals surface area contributed by atoms with Crippen LogP contribution in [0, 0.1) is 5.92 Å². The molecular weight excluding hydrogens is 427 g/mol. The molecule has 5 nitrogen and oxygen atoms in total. The molecule has 1 N–H and O–H groups in total. The van der Waals surface area contributed by atoms with E-state index in [1.807, 2.05) is 37.4 Å². The Morgan fingerprint density at radius 3 is 2.80 bits per heavy atom. The van der Waals surface area contributed by atoms with Crippen LogP contribution in [0.3, 0.4) is 0 Å². The van der Waals surface area contributed by atoms with Crippen LogP contribution in [-0.4, -0.2) is 69.2 Å². The van der Waals surface area contributed by atoms with Crippen LogP contribution >= 0.6 is 24.0 Å². The maximum atomic E-state index is 5.76. The van der Waals surface area contributed by atoms with Gasteiger partial charge in [-0.25, -0.2) is 0 Å². The molecule has 1 saturated heterocycles. The van der Waals surface area contributed by atoms with E-state index in [0.29, 0.717) is 6.61 Å². The fourth-order valence-corrected chi connectivity index (χ4v) is 3.14. The van der Waals surface area contributed by atoms with Crippen molar-refractivity contribution in [3.63, 3.8) is 0 Å². The van der Waals surface area contributed by atoms with E-state index < -0.39 is 0 Å². The Kier molecular flexibility index (Phi) is 10.9. The summed E-state index contributed by atoms with van der Waals surface area (Å²) in [4.78, 5) is 9.08. The van der Waals surface area contributed by atoms with Crippen molar-refractivity contribution in [3.05, 3.63) is 30.3 Å². The van der Waals surface area contributed by atoms with Crippen molar-refractivity contribution in [2.45, 2.75) is 19.8 Å². The molecule has 0 amide bonds. The molecular formula is C19H33IN4O. The van der Waals surface area contributed by atoms with Crippen LogP contribution in [0.15, 0.2) is 35.3 Å². The summed E-state index contributed by atoms with van der Waals surface area (Å²) >= 11 is 0. The Hall–Kier alpha value is -1.02. The molecule has 1 aromatic rings. The molecule has 1 aromatic carbocycles. The lowest BCUT2D eigenvalue weighted by molar-refractivity contribution is 0.280. The lowest BCUT2D eigenvalue weighted by Crippen LogP contribution is -2.43. The fraction of sp³-hybridized carbons (Fsp3) is 0.632. The van der Waals surface area contributed by atoms with E-state index in [1.165, 1.54) is 32.5 Å². The van der Waals surface area contributed by atoms with Crippen molar-refractivity contribution < 1.29 is 4.74 Å². The van der Waals surface area contributed by atoms with Crippen LogP contribution < -0.4 is 10.1 Å². The Labute approximate surface area is 169 Å². The number of nitrogens with one attached hydrogen (secondary N) is 1. The van der Waals surface area contributed by atoms with Crippen LogP contribution in [-0.2, 0) is 0 Å². The van der Waals surface area contributed by atoms with E-state index in [4.69, 9.17) is 4.74 Å². The van der Waals surface area contributed by atoms with Crippen molar-refractivity contribution in [2.75, 3.05) is 53.4 Å². The summed E-state index contributed by atoms with van der Waals surface area (Å²) in [5, 5.41) is 3.52. The standard InChI is InChI=1S/C19H32N4O.HI/c1-4-11-23-12-10-17(16-23)15-21-19(20-2)22(3)13-14-24-18-8-6-5-7-9-18;/h5-9,17H,4,10-16H2,1-3H3,(H,20,21);1H. The maximum absolute atomic E-state index is 5.76. The quantitative estimate of drug-likeness (QED) is 0.368. The molecule has 2 rings (SSSR count). The van der Waals surface area contributed by atoms with Crippen molar-refractivity contribution in [1.82, 2.24) is 15.1 Å². The number of rotatable bonds is 8. The molecule has 0 saturated carbocycles. The number of benzene rings is 1.